The second-order valence-corrected chi connectivity index (χ2v) is 2.51. The molecule has 0 aromatic heterocycles. The number of hydrogen-bond acceptors (Lipinski definition) is 8. The van der Waals surface area contributed by atoms with E-state index in [0.29, 0.717) is 0 Å². The molecule has 0 saturated heterocycles. The molecule has 0 bridgehead atoms. The SMILES string of the molecule is O=NOCC(CO)(CO)CON=O. The molecule has 0 radical (unpaired) electrons. The predicted octanol–water partition coefficient (Wildman–Crippen LogP) is -0.647. The van der Waals surface area contributed by atoms with E-state index in [4.69, 9.17) is 10.2 Å². The van der Waals surface area contributed by atoms with Crippen molar-refractivity contribution in [3.05, 3.63) is 9.81 Å². The van der Waals surface area contributed by atoms with E-state index in [-0.39, 0.29) is 13.2 Å². The summed E-state index contributed by atoms with van der Waals surface area (Å²) in [7, 11) is 0. The van der Waals surface area contributed by atoms with E-state index < -0.39 is 18.6 Å². The monoisotopic (exact) mass is 194 g/mol. The fourth-order valence-electron chi connectivity index (χ4n) is 0.601. The maximum absolute atomic E-state index is 9.60. The molecule has 0 aromatic rings. The molecule has 0 unspecified atom stereocenters. The zero-order valence-electron chi connectivity index (χ0n) is 6.75. The van der Waals surface area contributed by atoms with Gasteiger partial charge in [0.05, 0.1) is 18.6 Å². The largest absolute Gasteiger partial charge is 0.395 e. The maximum Gasteiger partial charge on any atom is 0.155 e. The Hall–Kier alpha value is -1.28. The summed E-state index contributed by atoms with van der Waals surface area (Å²) in [6.07, 6.45) is 0. The third-order valence-electron chi connectivity index (χ3n) is 1.52. The number of rotatable bonds is 8. The molecule has 0 aliphatic rings. The van der Waals surface area contributed by atoms with Crippen molar-refractivity contribution in [2.75, 3.05) is 26.4 Å². The van der Waals surface area contributed by atoms with Crippen molar-refractivity contribution in [1.82, 2.24) is 0 Å². The lowest BCUT2D eigenvalue weighted by Crippen LogP contribution is -2.38. The van der Waals surface area contributed by atoms with Gasteiger partial charge in [0, 0.05) is 0 Å². The van der Waals surface area contributed by atoms with Crippen LogP contribution in [-0.2, 0) is 9.68 Å². The second kappa shape index (κ2) is 6.26. The average Bonchev–Trinajstić information content (AvgIpc) is 2.20. The lowest BCUT2D eigenvalue weighted by atomic mass is 9.93. The van der Waals surface area contributed by atoms with Gasteiger partial charge in [-0.2, -0.15) is 0 Å². The molecule has 8 nitrogen and oxygen atoms in total. The minimum absolute atomic E-state index is 0.348. The summed E-state index contributed by atoms with van der Waals surface area (Å²) in [5.41, 5.74) is -1.23. The van der Waals surface area contributed by atoms with E-state index in [9.17, 15) is 9.81 Å². The van der Waals surface area contributed by atoms with Crippen LogP contribution >= 0.6 is 0 Å². The minimum atomic E-state index is -1.23. The van der Waals surface area contributed by atoms with Gasteiger partial charge >= 0.3 is 0 Å². The van der Waals surface area contributed by atoms with Crippen LogP contribution in [0, 0.1) is 15.2 Å². The molecular formula is C5H10N2O6. The lowest BCUT2D eigenvalue weighted by Gasteiger charge is -2.24. The summed E-state index contributed by atoms with van der Waals surface area (Å²) in [4.78, 5) is 27.4. The molecule has 76 valence electrons. The van der Waals surface area contributed by atoms with E-state index in [1.54, 1.807) is 0 Å². The van der Waals surface area contributed by atoms with Gasteiger partial charge in [0.15, 0.2) is 10.7 Å². The standard InChI is InChI=1S/C5H10N2O6/c8-1-5(2-9,3-12-6-10)4-13-7-11/h8-9H,1-4H2. The van der Waals surface area contributed by atoms with Crippen LogP contribution in [0.2, 0.25) is 0 Å². The van der Waals surface area contributed by atoms with Gasteiger partial charge in [-0.3, -0.25) is 0 Å². The van der Waals surface area contributed by atoms with Gasteiger partial charge in [-0.05, 0) is 0 Å². The topological polar surface area (TPSA) is 118 Å². The van der Waals surface area contributed by atoms with Crippen molar-refractivity contribution in [2.24, 2.45) is 16.1 Å². The first-order chi connectivity index (χ1) is 6.24. The van der Waals surface area contributed by atoms with Gasteiger partial charge in [0.25, 0.3) is 0 Å². The van der Waals surface area contributed by atoms with Crippen molar-refractivity contribution in [1.29, 1.82) is 0 Å². The fraction of sp³-hybridized carbons (Fsp3) is 1.00. The molecule has 0 rings (SSSR count). The fourth-order valence-corrected chi connectivity index (χ4v) is 0.601. The molecule has 0 aliphatic heterocycles. The first kappa shape index (κ1) is 11.7. The highest BCUT2D eigenvalue weighted by Gasteiger charge is 2.32. The number of nitrogens with zero attached hydrogens (tertiary/aromatic N) is 2. The number of aliphatic hydroxyl groups excluding tert-OH is 2. The minimum Gasteiger partial charge on any atom is -0.395 e. The highest BCUT2D eigenvalue weighted by atomic mass is 16.7. The van der Waals surface area contributed by atoms with Gasteiger partial charge in [0.2, 0.25) is 0 Å². The van der Waals surface area contributed by atoms with Crippen LogP contribution in [0.5, 0.6) is 0 Å². The summed E-state index contributed by atoms with van der Waals surface area (Å²) in [6, 6.07) is 0. The Morgan fingerprint density at radius 2 is 1.38 bits per heavy atom. The van der Waals surface area contributed by atoms with Crippen LogP contribution < -0.4 is 0 Å². The summed E-state index contributed by atoms with van der Waals surface area (Å²) in [5.74, 6) is 0. The van der Waals surface area contributed by atoms with Crippen LogP contribution in [0.3, 0.4) is 0 Å². The molecular weight excluding hydrogens is 184 g/mol. The molecule has 0 amide bonds. The van der Waals surface area contributed by atoms with Gasteiger partial charge in [-0.15, -0.1) is 9.81 Å². The van der Waals surface area contributed by atoms with Crippen molar-refractivity contribution >= 4 is 0 Å². The summed E-state index contributed by atoms with van der Waals surface area (Å²) >= 11 is 0. The Morgan fingerprint density at radius 1 is 1.00 bits per heavy atom. The molecule has 0 fully saturated rings. The van der Waals surface area contributed by atoms with Crippen LogP contribution in [0.4, 0.5) is 0 Å². The Balaban J connectivity index is 4.11. The van der Waals surface area contributed by atoms with Crippen LogP contribution in [0.1, 0.15) is 0 Å². The molecule has 0 heterocycles. The highest BCUT2D eigenvalue weighted by molar-refractivity contribution is 4.76. The second-order valence-electron chi connectivity index (χ2n) is 2.51. The van der Waals surface area contributed by atoms with Gasteiger partial charge in [0.1, 0.15) is 13.2 Å². The van der Waals surface area contributed by atoms with Crippen LogP contribution in [0.25, 0.3) is 0 Å². The first-order valence-electron chi connectivity index (χ1n) is 3.35. The number of hydrogen-bond donors (Lipinski definition) is 2. The summed E-state index contributed by atoms with van der Waals surface area (Å²) in [5, 5.41) is 21.8. The summed E-state index contributed by atoms with van der Waals surface area (Å²) < 4.78 is 0. The third kappa shape index (κ3) is 3.76. The Morgan fingerprint density at radius 3 is 1.62 bits per heavy atom. The normalized spacial score (nSPS) is 10.6. The molecule has 13 heavy (non-hydrogen) atoms. The van der Waals surface area contributed by atoms with Crippen molar-refractivity contribution in [3.63, 3.8) is 0 Å². The van der Waals surface area contributed by atoms with Gasteiger partial charge in [-0.1, -0.05) is 0 Å². The molecule has 2 N–H and O–H groups in total. The van der Waals surface area contributed by atoms with Crippen LogP contribution in [0.15, 0.2) is 10.7 Å². The first-order valence-corrected chi connectivity index (χ1v) is 3.35. The lowest BCUT2D eigenvalue weighted by molar-refractivity contribution is -0.0774. The smallest absolute Gasteiger partial charge is 0.155 e. The third-order valence-corrected chi connectivity index (χ3v) is 1.52. The number of aliphatic hydroxyl groups is 2. The van der Waals surface area contributed by atoms with Crippen molar-refractivity contribution in [2.45, 2.75) is 0 Å². The summed E-state index contributed by atoms with van der Waals surface area (Å²) in [6.45, 7) is -1.73. The van der Waals surface area contributed by atoms with Gasteiger partial charge < -0.3 is 19.9 Å². The van der Waals surface area contributed by atoms with E-state index in [1.165, 1.54) is 0 Å². The molecule has 0 saturated carbocycles. The maximum atomic E-state index is 9.60. The van der Waals surface area contributed by atoms with Crippen molar-refractivity contribution < 1.29 is 19.9 Å². The van der Waals surface area contributed by atoms with Crippen molar-refractivity contribution in [3.8, 4) is 0 Å². The molecule has 0 aromatic carbocycles. The van der Waals surface area contributed by atoms with Crippen LogP contribution in [-0.4, -0.2) is 36.6 Å². The zero-order valence-corrected chi connectivity index (χ0v) is 6.75. The van der Waals surface area contributed by atoms with Gasteiger partial charge in [-0.25, -0.2) is 0 Å². The quantitative estimate of drug-likeness (QED) is 0.391. The van der Waals surface area contributed by atoms with E-state index in [2.05, 4.69) is 20.4 Å². The zero-order chi connectivity index (χ0) is 10.2. The van der Waals surface area contributed by atoms with E-state index >= 15 is 0 Å². The highest BCUT2D eigenvalue weighted by Crippen LogP contribution is 2.17. The Labute approximate surface area is 73.3 Å². The predicted molar refractivity (Wildman–Crippen MR) is 40.1 cm³/mol. The molecule has 0 spiro atoms. The molecule has 0 atom stereocenters. The Bertz CT molecular complexity index is 145. The van der Waals surface area contributed by atoms with E-state index in [1.807, 2.05) is 0 Å². The molecule has 8 heteroatoms. The average molecular weight is 194 g/mol. The Kier molecular flexibility index (Phi) is 5.64. The van der Waals surface area contributed by atoms with E-state index in [0.717, 1.165) is 0 Å². The molecule has 0 aliphatic carbocycles.